The predicted molar refractivity (Wildman–Crippen MR) is 118 cm³/mol. The van der Waals surface area contributed by atoms with Crippen molar-refractivity contribution in [2.45, 2.75) is 31.9 Å². The number of likely N-dealkylation sites (tertiary alicyclic amines) is 1. The molecule has 1 aliphatic rings. The van der Waals surface area contributed by atoms with Crippen molar-refractivity contribution in [1.29, 1.82) is 5.41 Å². The topological polar surface area (TPSA) is 61.5 Å². The number of hydrogen-bond donors (Lipinski definition) is 2. The highest BCUT2D eigenvalue weighted by Gasteiger charge is 2.31. The largest absolute Gasteiger partial charge is 0.573 e. The van der Waals surface area contributed by atoms with E-state index in [0.717, 1.165) is 42.7 Å². The monoisotopic (exact) mass is 485 g/mol. The Kier molecular flexibility index (Phi) is 6.80. The Bertz CT molecular complexity index is 1120. The molecular formula is C22H23ClF3N3O2S. The van der Waals surface area contributed by atoms with Gasteiger partial charge in [0.2, 0.25) is 0 Å². The Morgan fingerprint density at radius 1 is 1.16 bits per heavy atom. The zero-order chi connectivity index (χ0) is 22.9. The van der Waals surface area contributed by atoms with Gasteiger partial charge in [-0.05, 0) is 67.7 Å². The molecule has 3 aromatic rings. The molecule has 0 spiro atoms. The lowest BCUT2D eigenvalue weighted by molar-refractivity contribution is -0.274. The number of hydrogen-bond acceptors (Lipinski definition) is 5. The lowest BCUT2D eigenvalue weighted by atomic mass is 9.96. The van der Waals surface area contributed by atoms with Gasteiger partial charge in [-0.2, -0.15) is 0 Å². The van der Waals surface area contributed by atoms with E-state index in [1.807, 2.05) is 22.8 Å². The summed E-state index contributed by atoms with van der Waals surface area (Å²) in [6, 6.07) is 11.0. The maximum absolute atomic E-state index is 12.3. The third kappa shape index (κ3) is 5.64. The number of thiazole rings is 1. The zero-order valence-corrected chi connectivity index (χ0v) is 18.7. The molecule has 0 saturated carbocycles. The van der Waals surface area contributed by atoms with Gasteiger partial charge in [-0.1, -0.05) is 35.1 Å². The summed E-state index contributed by atoms with van der Waals surface area (Å²) in [5, 5.41) is 19.5. The second-order valence-electron chi connectivity index (χ2n) is 8.01. The molecule has 172 valence electrons. The fourth-order valence-electron chi connectivity index (χ4n) is 4.09. The van der Waals surface area contributed by atoms with Crippen LogP contribution in [0.1, 0.15) is 24.5 Å². The van der Waals surface area contributed by atoms with Crippen LogP contribution < -0.4 is 9.54 Å². The average Bonchev–Trinajstić information content (AvgIpc) is 3.03. The summed E-state index contributed by atoms with van der Waals surface area (Å²) < 4.78 is 43.8. The van der Waals surface area contributed by atoms with Gasteiger partial charge in [0.15, 0.2) is 4.80 Å². The summed E-state index contributed by atoms with van der Waals surface area (Å²) in [7, 11) is 0. The number of aliphatic hydroxyl groups excluding tert-OH is 1. The van der Waals surface area contributed by atoms with Crippen LogP contribution in [0.25, 0.3) is 10.2 Å². The summed E-state index contributed by atoms with van der Waals surface area (Å²) >= 11 is 7.49. The highest BCUT2D eigenvalue weighted by atomic mass is 35.5. The van der Waals surface area contributed by atoms with Crippen molar-refractivity contribution < 1.29 is 23.0 Å². The minimum Gasteiger partial charge on any atom is -0.406 e. The first-order valence-electron chi connectivity index (χ1n) is 10.3. The Morgan fingerprint density at radius 3 is 2.50 bits per heavy atom. The molecule has 5 nitrogen and oxygen atoms in total. The summed E-state index contributed by atoms with van der Waals surface area (Å²) in [6.45, 7) is 2.83. The first kappa shape index (κ1) is 23.1. The van der Waals surface area contributed by atoms with Crippen molar-refractivity contribution in [3.63, 3.8) is 0 Å². The highest BCUT2D eigenvalue weighted by Crippen LogP contribution is 2.27. The van der Waals surface area contributed by atoms with Crippen LogP contribution in [0.3, 0.4) is 0 Å². The van der Waals surface area contributed by atoms with Crippen molar-refractivity contribution in [3.05, 3.63) is 57.9 Å². The average molecular weight is 486 g/mol. The molecule has 1 atom stereocenters. The Morgan fingerprint density at radius 2 is 1.84 bits per heavy atom. The molecule has 2 aromatic carbocycles. The number of ether oxygens (including phenoxy) is 1. The van der Waals surface area contributed by atoms with E-state index in [4.69, 9.17) is 17.0 Å². The van der Waals surface area contributed by atoms with E-state index < -0.39 is 12.5 Å². The number of aromatic nitrogens is 1. The van der Waals surface area contributed by atoms with Gasteiger partial charge in [0.05, 0.1) is 16.3 Å². The lowest BCUT2D eigenvalue weighted by Crippen LogP contribution is -2.38. The summed E-state index contributed by atoms with van der Waals surface area (Å²) in [5.74, 6) is 0.133. The van der Waals surface area contributed by atoms with E-state index in [1.165, 1.54) is 35.6 Å². The van der Waals surface area contributed by atoms with Crippen molar-refractivity contribution in [2.75, 3.05) is 19.6 Å². The SMILES string of the molecule is N=c1sc2cc(Cl)ccc2n1CC1CCN(CC(O)c2ccc(OC(F)(F)F)cc2)CC1. The van der Waals surface area contributed by atoms with E-state index in [0.29, 0.717) is 27.9 Å². The van der Waals surface area contributed by atoms with Crippen molar-refractivity contribution in [2.24, 2.45) is 5.92 Å². The third-order valence-electron chi connectivity index (χ3n) is 5.74. The summed E-state index contributed by atoms with van der Waals surface area (Å²) in [4.78, 5) is 2.68. The molecule has 1 unspecified atom stereocenters. The number of aliphatic hydroxyl groups is 1. The quantitative estimate of drug-likeness (QED) is 0.505. The number of halogens is 4. The molecule has 0 aliphatic carbocycles. The standard InChI is InChI=1S/C22H23ClF3N3O2S/c23-16-3-6-18-20(11-16)32-21(27)29(18)12-14-7-9-28(10-8-14)13-19(30)15-1-4-17(5-2-15)31-22(24,25)26/h1-6,11,14,19,27,30H,7-10,12-13H2. The molecule has 32 heavy (non-hydrogen) atoms. The number of benzene rings is 2. The van der Waals surface area contributed by atoms with Gasteiger partial charge >= 0.3 is 6.36 Å². The van der Waals surface area contributed by atoms with Gasteiger partial charge in [0.1, 0.15) is 5.75 Å². The number of alkyl halides is 3. The molecule has 0 radical (unpaired) electrons. The van der Waals surface area contributed by atoms with Crippen LogP contribution in [0.5, 0.6) is 5.75 Å². The van der Waals surface area contributed by atoms with Gasteiger partial charge < -0.3 is 19.3 Å². The molecular weight excluding hydrogens is 463 g/mol. The van der Waals surface area contributed by atoms with Crippen molar-refractivity contribution in [3.8, 4) is 5.75 Å². The maximum atomic E-state index is 12.3. The second kappa shape index (κ2) is 9.43. The fourth-order valence-corrected chi connectivity index (χ4v) is 5.29. The summed E-state index contributed by atoms with van der Waals surface area (Å²) in [5.41, 5.74) is 1.58. The molecule has 1 fully saturated rings. The van der Waals surface area contributed by atoms with E-state index >= 15 is 0 Å². The molecule has 1 aliphatic heterocycles. The Hall–Kier alpha value is -2.07. The molecule has 1 saturated heterocycles. The fraction of sp³-hybridized carbons (Fsp3) is 0.409. The number of β-amino-alcohol motifs (C(OH)–C–C–N with tert-alkyl or cyclic N) is 1. The van der Waals surface area contributed by atoms with Gasteiger partial charge in [-0.3, -0.25) is 5.41 Å². The molecule has 0 bridgehead atoms. The minimum atomic E-state index is -4.73. The first-order chi connectivity index (χ1) is 15.2. The second-order valence-corrected chi connectivity index (χ2v) is 9.47. The number of nitrogens with one attached hydrogen (secondary N) is 1. The molecule has 2 heterocycles. The normalized spacial score (nSPS) is 17.0. The van der Waals surface area contributed by atoms with E-state index in [1.54, 1.807) is 0 Å². The number of rotatable bonds is 6. The van der Waals surface area contributed by atoms with Gasteiger partial charge in [-0.25, -0.2) is 0 Å². The highest BCUT2D eigenvalue weighted by molar-refractivity contribution is 7.16. The third-order valence-corrected chi connectivity index (χ3v) is 6.94. The molecule has 10 heteroatoms. The zero-order valence-electron chi connectivity index (χ0n) is 17.1. The molecule has 0 amide bonds. The summed E-state index contributed by atoms with van der Waals surface area (Å²) in [6.07, 6.45) is -3.62. The lowest BCUT2D eigenvalue weighted by Gasteiger charge is -2.33. The van der Waals surface area contributed by atoms with Crippen LogP contribution in [0.15, 0.2) is 42.5 Å². The minimum absolute atomic E-state index is 0.302. The van der Waals surface area contributed by atoms with Gasteiger partial charge in [-0.15, -0.1) is 13.2 Å². The smallest absolute Gasteiger partial charge is 0.406 e. The molecule has 4 rings (SSSR count). The first-order valence-corrected chi connectivity index (χ1v) is 11.5. The van der Waals surface area contributed by atoms with Crippen LogP contribution >= 0.6 is 22.9 Å². The predicted octanol–water partition coefficient (Wildman–Crippen LogP) is 5.18. The Labute approximate surface area is 192 Å². The van der Waals surface area contributed by atoms with Crippen LogP contribution in [-0.2, 0) is 6.54 Å². The number of nitrogens with zero attached hydrogens (tertiary/aromatic N) is 2. The maximum Gasteiger partial charge on any atom is 0.573 e. The van der Waals surface area contributed by atoms with Gasteiger partial charge in [0, 0.05) is 18.1 Å². The van der Waals surface area contributed by atoms with E-state index in [2.05, 4.69) is 9.64 Å². The Balaban J connectivity index is 1.30. The van der Waals surface area contributed by atoms with Crippen LogP contribution in [0.2, 0.25) is 5.02 Å². The van der Waals surface area contributed by atoms with Crippen molar-refractivity contribution >= 4 is 33.2 Å². The van der Waals surface area contributed by atoms with Gasteiger partial charge in [0.25, 0.3) is 0 Å². The van der Waals surface area contributed by atoms with Crippen LogP contribution in [-0.4, -0.2) is 40.6 Å². The van der Waals surface area contributed by atoms with E-state index in [-0.39, 0.29) is 5.75 Å². The van der Waals surface area contributed by atoms with Crippen molar-refractivity contribution in [1.82, 2.24) is 9.47 Å². The number of piperidine rings is 1. The van der Waals surface area contributed by atoms with Crippen LogP contribution in [0.4, 0.5) is 13.2 Å². The van der Waals surface area contributed by atoms with Crippen LogP contribution in [0, 0.1) is 11.3 Å². The van der Waals surface area contributed by atoms with E-state index in [9.17, 15) is 18.3 Å². The molecule has 1 aromatic heterocycles. The number of fused-ring (bicyclic) bond motifs is 1. The molecule has 2 N–H and O–H groups in total.